The van der Waals surface area contributed by atoms with E-state index in [0.717, 1.165) is 24.3 Å². The lowest BCUT2D eigenvalue weighted by atomic mass is 10.2. The molecule has 0 radical (unpaired) electrons. The fourth-order valence-corrected chi connectivity index (χ4v) is 3.87. The first-order valence-corrected chi connectivity index (χ1v) is 9.67. The zero-order chi connectivity index (χ0) is 15.3. The van der Waals surface area contributed by atoms with Gasteiger partial charge in [0, 0.05) is 11.8 Å². The zero-order valence-electron chi connectivity index (χ0n) is 12.2. The van der Waals surface area contributed by atoms with Crippen molar-refractivity contribution in [3.05, 3.63) is 27.8 Å². The van der Waals surface area contributed by atoms with Gasteiger partial charge >= 0.3 is 0 Å². The molecule has 0 saturated heterocycles. The number of hydrogen-bond acceptors (Lipinski definition) is 7. The number of hydrogen-bond donors (Lipinski definition) is 0. The molecule has 0 unspecified atom stereocenters. The minimum absolute atomic E-state index is 0.0871. The molecule has 8 heteroatoms. The first-order chi connectivity index (χ1) is 10.0. The number of thiazole rings is 1. The van der Waals surface area contributed by atoms with E-state index in [1.807, 2.05) is 6.92 Å². The Morgan fingerprint density at radius 2 is 2.05 bits per heavy atom. The van der Waals surface area contributed by atoms with Crippen molar-refractivity contribution in [2.75, 3.05) is 0 Å². The molecule has 0 aliphatic rings. The van der Waals surface area contributed by atoms with Crippen LogP contribution < -0.4 is 0 Å². The lowest BCUT2D eigenvalue weighted by Crippen LogP contribution is -2.08. The van der Waals surface area contributed by atoms with Crippen LogP contribution >= 0.6 is 11.3 Å². The van der Waals surface area contributed by atoms with Gasteiger partial charge in [-0.05, 0) is 12.8 Å². The van der Waals surface area contributed by atoms with Crippen LogP contribution in [0.1, 0.15) is 49.1 Å². The second-order valence-corrected chi connectivity index (χ2v) is 7.83. The van der Waals surface area contributed by atoms with Gasteiger partial charge in [-0.1, -0.05) is 25.4 Å². The van der Waals surface area contributed by atoms with Gasteiger partial charge in [0.2, 0.25) is 5.89 Å². The van der Waals surface area contributed by atoms with Crippen LogP contribution in [0.2, 0.25) is 0 Å². The first kappa shape index (κ1) is 16.1. The first-order valence-electron chi connectivity index (χ1n) is 6.97. The summed E-state index contributed by atoms with van der Waals surface area (Å²) in [6.45, 7) is 4.07. The average Bonchev–Trinajstić information content (AvgIpc) is 3.04. The number of aryl methyl sites for hydroxylation is 2. The van der Waals surface area contributed by atoms with E-state index in [2.05, 4.69) is 22.0 Å². The Morgan fingerprint density at radius 1 is 1.24 bits per heavy atom. The van der Waals surface area contributed by atoms with Crippen LogP contribution in [0.4, 0.5) is 0 Å². The van der Waals surface area contributed by atoms with E-state index in [0.29, 0.717) is 17.9 Å². The maximum atomic E-state index is 12.1. The number of nitrogens with zero attached hydrogens (tertiary/aromatic N) is 3. The molecule has 116 valence electrons. The van der Waals surface area contributed by atoms with Gasteiger partial charge in [-0.3, -0.25) is 0 Å². The summed E-state index contributed by atoms with van der Waals surface area (Å²) in [6.07, 6.45) is 3.53. The van der Waals surface area contributed by atoms with E-state index in [9.17, 15) is 8.42 Å². The van der Waals surface area contributed by atoms with Crippen molar-refractivity contribution in [3.63, 3.8) is 0 Å². The number of aromatic nitrogens is 3. The highest BCUT2D eigenvalue weighted by molar-refractivity contribution is 7.89. The smallest absolute Gasteiger partial charge is 0.241 e. The lowest BCUT2D eigenvalue weighted by Gasteiger charge is -1.98. The highest BCUT2D eigenvalue weighted by Gasteiger charge is 2.19. The van der Waals surface area contributed by atoms with E-state index < -0.39 is 9.84 Å². The summed E-state index contributed by atoms with van der Waals surface area (Å²) in [5, 5.41) is 6.53. The topological polar surface area (TPSA) is 86.0 Å². The molecular weight excluding hydrogens is 310 g/mol. The highest BCUT2D eigenvalue weighted by Crippen LogP contribution is 2.15. The van der Waals surface area contributed by atoms with Gasteiger partial charge in [-0.2, -0.15) is 4.98 Å². The van der Waals surface area contributed by atoms with Crippen LogP contribution in [-0.4, -0.2) is 23.5 Å². The molecule has 6 nitrogen and oxygen atoms in total. The molecule has 0 saturated carbocycles. The SMILES string of the molecule is CCCCc1noc(CS(=O)(=O)Cc2csc(CC)n2)n1. The van der Waals surface area contributed by atoms with Crippen LogP contribution in [-0.2, 0) is 34.2 Å². The number of unbranched alkanes of at least 4 members (excludes halogenated alkanes) is 1. The molecule has 0 aliphatic heterocycles. The van der Waals surface area contributed by atoms with E-state index in [1.165, 1.54) is 11.3 Å². The molecule has 0 bridgehead atoms. The summed E-state index contributed by atoms with van der Waals surface area (Å²) in [5.41, 5.74) is 0.586. The Kier molecular flexibility index (Phi) is 5.46. The Hall–Kier alpha value is -1.28. The van der Waals surface area contributed by atoms with Crippen molar-refractivity contribution in [1.29, 1.82) is 0 Å². The minimum Gasteiger partial charge on any atom is -0.338 e. The van der Waals surface area contributed by atoms with Crippen molar-refractivity contribution in [2.45, 2.75) is 51.0 Å². The summed E-state index contributed by atoms with van der Waals surface area (Å²) >= 11 is 1.48. The van der Waals surface area contributed by atoms with Crippen LogP contribution in [0.15, 0.2) is 9.90 Å². The Labute approximate surface area is 128 Å². The molecule has 2 aromatic rings. The summed E-state index contributed by atoms with van der Waals surface area (Å²) in [7, 11) is -3.34. The summed E-state index contributed by atoms with van der Waals surface area (Å²) in [4.78, 5) is 8.40. The molecule has 0 aromatic carbocycles. The quantitative estimate of drug-likeness (QED) is 0.740. The van der Waals surface area contributed by atoms with Gasteiger partial charge in [-0.25, -0.2) is 13.4 Å². The Bertz CT molecular complexity index is 676. The van der Waals surface area contributed by atoms with Crippen LogP contribution in [0.25, 0.3) is 0 Å². The molecule has 0 N–H and O–H groups in total. The standard InChI is InChI=1S/C13H19N3O3S2/c1-3-5-6-11-15-12(19-16-11)9-21(17,18)8-10-7-20-13(4-2)14-10/h7H,3-6,8-9H2,1-2H3. The largest absolute Gasteiger partial charge is 0.338 e. The fraction of sp³-hybridized carbons (Fsp3) is 0.615. The van der Waals surface area contributed by atoms with E-state index >= 15 is 0 Å². The third-order valence-electron chi connectivity index (χ3n) is 2.88. The molecule has 0 amide bonds. The predicted molar refractivity (Wildman–Crippen MR) is 80.7 cm³/mol. The second-order valence-electron chi connectivity index (χ2n) is 4.83. The molecule has 2 rings (SSSR count). The molecule has 0 atom stereocenters. The van der Waals surface area contributed by atoms with Gasteiger partial charge < -0.3 is 4.52 Å². The van der Waals surface area contributed by atoms with Gasteiger partial charge in [0.05, 0.1) is 16.5 Å². The second kappa shape index (κ2) is 7.13. The molecule has 0 fully saturated rings. The molecule has 2 aromatic heterocycles. The van der Waals surface area contributed by atoms with Crippen LogP contribution in [0.3, 0.4) is 0 Å². The fourth-order valence-electron chi connectivity index (χ4n) is 1.83. The van der Waals surface area contributed by atoms with Crippen molar-refractivity contribution >= 4 is 21.2 Å². The lowest BCUT2D eigenvalue weighted by molar-refractivity contribution is 0.382. The van der Waals surface area contributed by atoms with Gasteiger partial charge in [0.15, 0.2) is 15.7 Å². The van der Waals surface area contributed by atoms with Crippen molar-refractivity contribution < 1.29 is 12.9 Å². The maximum absolute atomic E-state index is 12.1. The van der Waals surface area contributed by atoms with E-state index in [1.54, 1.807) is 5.38 Å². The van der Waals surface area contributed by atoms with Crippen LogP contribution in [0.5, 0.6) is 0 Å². The minimum atomic E-state index is -3.34. The molecule has 0 aliphatic carbocycles. The molecule has 21 heavy (non-hydrogen) atoms. The summed E-state index contributed by atoms with van der Waals surface area (Å²) < 4.78 is 29.3. The van der Waals surface area contributed by atoms with Crippen LogP contribution in [0, 0.1) is 0 Å². The third-order valence-corrected chi connectivity index (χ3v) is 5.34. The van der Waals surface area contributed by atoms with Crippen molar-refractivity contribution in [3.8, 4) is 0 Å². The zero-order valence-corrected chi connectivity index (χ0v) is 13.8. The predicted octanol–water partition coefficient (Wildman–Crippen LogP) is 2.55. The number of rotatable bonds is 8. The normalized spacial score (nSPS) is 11.9. The summed E-state index contributed by atoms with van der Waals surface area (Å²) in [6, 6.07) is 0. The highest BCUT2D eigenvalue weighted by atomic mass is 32.2. The monoisotopic (exact) mass is 329 g/mol. The van der Waals surface area contributed by atoms with E-state index in [-0.39, 0.29) is 17.4 Å². The molecule has 2 heterocycles. The summed E-state index contributed by atoms with van der Waals surface area (Å²) in [5.74, 6) is 0.414. The van der Waals surface area contributed by atoms with Gasteiger partial charge in [0.25, 0.3) is 0 Å². The number of sulfone groups is 1. The molecule has 0 spiro atoms. The Morgan fingerprint density at radius 3 is 2.71 bits per heavy atom. The van der Waals surface area contributed by atoms with Crippen molar-refractivity contribution in [2.24, 2.45) is 0 Å². The van der Waals surface area contributed by atoms with E-state index in [4.69, 9.17) is 4.52 Å². The Balaban J connectivity index is 1.98. The molecular formula is C13H19N3O3S2. The van der Waals surface area contributed by atoms with Gasteiger partial charge in [-0.15, -0.1) is 11.3 Å². The van der Waals surface area contributed by atoms with Crippen molar-refractivity contribution in [1.82, 2.24) is 15.1 Å². The average molecular weight is 329 g/mol. The third kappa shape index (κ3) is 4.89. The van der Waals surface area contributed by atoms with Gasteiger partial charge in [0.1, 0.15) is 5.75 Å². The maximum Gasteiger partial charge on any atom is 0.241 e.